The van der Waals surface area contributed by atoms with Crippen molar-refractivity contribution in [2.45, 2.75) is 30.5 Å². The van der Waals surface area contributed by atoms with E-state index in [1.165, 1.54) is 12.7 Å². The zero-order valence-electron chi connectivity index (χ0n) is 11.0. The van der Waals surface area contributed by atoms with Crippen LogP contribution < -0.4 is 10.6 Å². The summed E-state index contributed by atoms with van der Waals surface area (Å²) in [4.78, 5) is 11.8. The second-order valence-electron chi connectivity index (χ2n) is 5.22. The van der Waals surface area contributed by atoms with Crippen LogP contribution in [-0.4, -0.2) is 25.3 Å². The molecule has 3 rings (SSSR count). The highest BCUT2D eigenvalue weighted by Gasteiger charge is 2.54. The predicted molar refractivity (Wildman–Crippen MR) is 73.9 cm³/mol. The van der Waals surface area contributed by atoms with E-state index >= 15 is 0 Å². The first-order valence-electron chi connectivity index (χ1n) is 6.52. The minimum absolute atomic E-state index is 0.0620. The largest absolute Gasteiger partial charge is 0.468 e. The smallest absolute Gasteiger partial charge is 0.322 e. The Bertz CT molecular complexity index is 529. The number of rotatable bonds is 3. The van der Waals surface area contributed by atoms with Crippen molar-refractivity contribution in [1.29, 1.82) is 0 Å². The first-order chi connectivity index (χ1) is 9.21. The highest BCUT2D eigenvalue weighted by atomic mass is 16.5. The Kier molecular flexibility index (Phi) is 2.82. The zero-order valence-corrected chi connectivity index (χ0v) is 11.0. The molecule has 2 aliphatic rings. The van der Waals surface area contributed by atoms with Gasteiger partial charge in [-0.2, -0.15) is 0 Å². The van der Waals surface area contributed by atoms with E-state index in [0.29, 0.717) is 0 Å². The van der Waals surface area contributed by atoms with Crippen LogP contribution in [0.3, 0.4) is 0 Å². The second kappa shape index (κ2) is 4.38. The van der Waals surface area contributed by atoms with Gasteiger partial charge in [0.25, 0.3) is 0 Å². The maximum absolute atomic E-state index is 11.8. The van der Waals surface area contributed by atoms with E-state index in [1.54, 1.807) is 0 Å². The lowest BCUT2D eigenvalue weighted by molar-refractivity contribution is -0.142. The molecule has 19 heavy (non-hydrogen) atoms. The molecule has 0 spiro atoms. The SMILES string of the molecule is C=CC[C@]12C[C@@H](C(=O)OC)NC1Nc1ccccc12. The molecule has 4 nitrogen and oxygen atoms in total. The maximum Gasteiger partial charge on any atom is 0.322 e. The van der Waals surface area contributed by atoms with Crippen molar-refractivity contribution in [3.63, 3.8) is 0 Å². The van der Waals surface area contributed by atoms with Gasteiger partial charge in [0.15, 0.2) is 0 Å². The molecule has 3 atom stereocenters. The molecule has 0 amide bonds. The lowest BCUT2D eigenvalue weighted by Crippen LogP contribution is -2.42. The van der Waals surface area contributed by atoms with Gasteiger partial charge in [0, 0.05) is 11.1 Å². The first-order valence-corrected chi connectivity index (χ1v) is 6.52. The summed E-state index contributed by atoms with van der Waals surface area (Å²) in [6.07, 6.45) is 3.56. The minimum atomic E-state index is -0.254. The minimum Gasteiger partial charge on any atom is -0.468 e. The number of esters is 1. The Morgan fingerprint density at radius 3 is 3.11 bits per heavy atom. The highest BCUT2D eigenvalue weighted by Crippen LogP contribution is 2.49. The van der Waals surface area contributed by atoms with Crippen LogP contribution >= 0.6 is 0 Å². The number of ether oxygens (including phenoxy) is 1. The van der Waals surface area contributed by atoms with Crippen molar-refractivity contribution >= 4 is 11.7 Å². The molecule has 2 N–H and O–H groups in total. The fourth-order valence-corrected chi connectivity index (χ4v) is 3.41. The van der Waals surface area contributed by atoms with Crippen LogP contribution in [0.1, 0.15) is 18.4 Å². The summed E-state index contributed by atoms with van der Waals surface area (Å²) in [7, 11) is 1.43. The third kappa shape index (κ3) is 1.67. The number of hydrogen-bond acceptors (Lipinski definition) is 4. The van der Waals surface area contributed by atoms with Crippen molar-refractivity contribution in [3.05, 3.63) is 42.5 Å². The summed E-state index contributed by atoms with van der Waals surface area (Å²) in [6.45, 7) is 3.87. The van der Waals surface area contributed by atoms with Gasteiger partial charge in [-0.3, -0.25) is 10.1 Å². The van der Waals surface area contributed by atoms with Crippen LogP contribution in [0.25, 0.3) is 0 Å². The average molecular weight is 258 g/mol. The number of hydrogen-bond donors (Lipinski definition) is 2. The van der Waals surface area contributed by atoms with Crippen LogP contribution in [0.4, 0.5) is 5.69 Å². The topological polar surface area (TPSA) is 50.4 Å². The Morgan fingerprint density at radius 2 is 2.37 bits per heavy atom. The number of anilines is 1. The fraction of sp³-hybridized carbons (Fsp3) is 0.400. The molecule has 1 aromatic rings. The van der Waals surface area contributed by atoms with Crippen LogP contribution in [0.15, 0.2) is 36.9 Å². The van der Waals surface area contributed by atoms with Crippen molar-refractivity contribution in [3.8, 4) is 0 Å². The number of fused-ring (bicyclic) bond motifs is 3. The molecule has 0 aromatic heterocycles. The van der Waals surface area contributed by atoms with Gasteiger partial charge in [0.2, 0.25) is 0 Å². The highest BCUT2D eigenvalue weighted by molar-refractivity contribution is 5.78. The lowest BCUT2D eigenvalue weighted by atomic mass is 9.75. The van der Waals surface area contributed by atoms with Gasteiger partial charge in [-0.1, -0.05) is 24.3 Å². The first kappa shape index (κ1) is 12.2. The van der Waals surface area contributed by atoms with E-state index in [-0.39, 0.29) is 23.6 Å². The van der Waals surface area contributed by atoms with Crippen LogP contribution in [0, 0.1) is 0 Å². The van der Waals surface area contributed by atoms with E-state index in [4.69, 9.17) is 4.74 Å². The molecule has 1 fully saturated rings. The van der Waals surface area contributed by atoms with E-state index in [1.807, 2.05) is 18.2 Å². The average Bonchev–Trinajstić information content (AvgIpc) is 2.91. The standard InChI is InChI=1S/C15H18N2O2/c1-3-8-15-9-12(13(18)19-2)17-14(15)16-11-7-5-4-6-10(11)15/h3-7,12,14,16-17H,1,8-9H2,2H3/t12-,14?,15+/m0/s1. The Balaban J connectivity index is 2.00. The van der Waals surface area contributed by atoms with Gasteiger partial charge in [-0.25, -0.2) is 0 Å². The number of benzene rings is 1. The molecule has 2 heterocycles. The van der Waals surface area contributed by atoms with E-state index in [9.17, 15) is 4.79 Å². The van der Waals surface area contributed by atoms with Crippen LogP contribution in [-0.2, 0) is 14.9 Å². The van der Waals surface area contributed by atoms with Crippen molar-refractivity contribution in [1.82, 2.24) is 5.32 Å². The summed E-state index contributed by atoms with van der Waals surface area (Å²) in [5.41, 5.74) is 2.31. The molecule has 100 valence electrons. The number of carbonyl (C=O) groups excluding carboxylic acids is 1. The quantitative estimate of drug-likeness (QED) is 0.641. The van der Waals surface area contributed by atoms with E-state index < -0.39 is 0 Å². The second-order valence-corrected chi connectivity index (χ2v) is 5.22. The zero-order chi connectivity index (χ0) is 13.5. The van der Waals surface area contributed by atoms with Gasteiger partial charge in [-0.05, 0) is 24.5 Å². The van der Waals surface area contributed by atoms with Gasteiger partial charge < -0.3 is 10.1 Å². The number of allylic oxidation sites excluding steroid dienone is 1. The predicted octanol–water partition coefficient (Wildman–Crippen LogP) is 1.79. The van der Waals surface area contributed by atoms with Crippen LogP contribution in [0.5, 0.6) is 0 Å². The third-order valence-electron chi connectivity index (χ3n) is 4.25. The third-order valence-corrected chi connectivity index (χ3v) is 4.25. The summed E-state index contributed by atoms with van der Waals surface area (Å²) in [5, 5.41) is 6.81. The van der Waals surface area contributed by atoms with Gasteiger partial charge in [0.05, 0.1) is 13.3 Å². The maximum atomic E-state index is 11.8. The number of methoxy groups -OCH3 is 1. The molecule has 1 aromatic carbocycles. The molecule has 0 saturated carbocycles. The van der Waals surface area contributed by atoms with Gasteiger partial charge >= 0.3 is 5.97 Å². The number of nitrogens with one attached hydrogen (secondary N) is 2. The molecule has 1 unspecified atom stereocenters. The molecule has 0 bridgehead atoms. The van der Waals surface area contributed by atoms with Crippen molar-refractivity contribution in [2.75, 3.05) is 12.4 Å². The van der Waals surface area contributed by atoms with Crippen molar-refractivity contribution in [2.24, 2.45) is 0 Å². The molecular formula is C15H18N2O2. The summed E-state index contributed by atoms with van der Waals surface area (Å²) >= 11 is 0. The summed E-state index contributed by atoms with van der Waals surface area (Å²) in [5.74, 6) is -0.197. The Hall–Kier alpha value is -1.81. The van der Waals surface area contributed by atoms with E-state index in [2.05, 4.69) is 29.3 Å². The number of para-hydroxylation sites is 1. The normalized spacial score (nSPS) is 31.2. The molecule has 0 aliphatic carbocycles. The molecule has 4 heteroatoms. The van der Waals surface area contributed by atoms with Gasteiger partial charge in [-0.15, -0.1) is 6.58 Å². The molecule has 1 saturated heterocycles. The van der Waals surface area contributed by atoms with Crippen LogP contribution in [0.2, 0.25) is 0 Å². The van der Waals surface area contributed by atoms with Crippen molar-refractivity contribution < 1.29 is 9.53 Å². The molecule has 0 radical (unpaired) electrons. The molecular weight excluding hydrogens is 240 g/mol. The Labute approximate surface area is 112 Å². The summed E-state index contributed by atoms with van der Waals surface area (Å²) < 4.78 is 4.86. The number of carbonyl (C=O) groups is 1. The fourth-order valence-electron chi connectivity index (χ4n) is 3.41. The monoisotopic (exact) mass is 258 g/mol. The molecule has 2 aliphatic heterocycles. The Morgan fingerprint density at radius 1 is 1.58 bits per heavy atom. The lowest BCUT2D eigenvalue weighted by Gasteiger charge is -2.27. The summed E-state index contributed by atoms with van der Waals surface area (Å²) in [6, 6.07) is 8.02. The van der Waals surface area contributed by atoms with E-state index in [0.717, 1.165) is 18.5 Å². The van der Waals surface area contributed by atoms with Gasteiger partial charge in [0.1, 0.15) is 6.04 Å².